The number of fused-ring (bicyclic) bond motifs is 1. The summed E-state index contributed by atoms with van der Waals surface area (Å²) in [6.45, 7) is 5.20. The topological polar surface area (TPSA) is 68.4 Å². The summed E-state index contributed by atoms with van der Waals surface area (Å²) < 4.78 is 13.9. The lowest BCUT2D eigenvalue weighted by atomic mass is 9.89. The van der Waals surface area contributed by atoms with Gasteiger partial charge >= 0.3 is 6.03 Å². The number of carbonyl (C=O) groups is 1. The summed E-state index contributed by atoms with van der Waals surface area (Å²) in [6.07, 6.45) is 0.811. The first-order valence-corrected chi connectivity index (χ1v) is 9.82. The third-order valence-electron chi connectivity index (χ3n) is 5.83. The smallest absolute Gasteiger partial charge is 0.320 e. The monoisotopic (exact) mass is 386 g/mol. The molecule has 2 amide bonds. The summed E-state index contributed by atoms with van der Waals surface area (Å²) in [5.74, 6) is 2.09. The van der Waals surface area contributed by atoms with Crippen LogP contribution in [0.25, 0.3) is 0 Å². The van der Waals surface area contributed by atoms with E-state index in [-0.39, 0.29) is 23.8 Å². The number of H-pyrrole nitrogens is 1. The van der Waals surface area contributed by atoms with Crippen LogP contribution in [0, 0.1) is 17.7 Å². The lowest BCUT2D eigenvalue weighted by Crippen LogP contribution is -2.41. The Kier molecular flexibility index (Phi) is 5.05. The summed E-state index contributed by atoms with van der Waals surface area (Å²) >= 11 is 0. The average molecular weight is 386 g/mol. The van der Waals surface area contributed by atoms with E-state index in [9.17, 15) is 9.18 Å². The molecule has 7 nitrogen and oxygen atoms in total. The zero-order valence-corrected chi connectivity index (χ0v) is 16.6. The van der Waals surface area contributed by atoms with Crippen molar-refractivity contribution in [3.63, 3.8) is 0 Å². The molecule has 0 bridgehead atoms. The molecule has 28 heavy (non-hydrogen) atoms. The molecule has 2 aromatic rings. The first-order chi connectivity index (χ1) is 13.5. The number of rotatable bonds is 4. The maximum Gasteiger partial charge on any atom is 0.320 e. The largest absolute Gasteiger partial charge is 0.331 e. The first kappa shape index (κ1) is 18.9. The molecule has 0 unspecified atom stereocenters. The van der Waals surface area contributed by atoms with Gasteiger partial charge in [0, 0.05) is 46.1 Å². The number of benzene rings is 1. The highest BCUT2D eigenvalue weighted by atomic mass is 19.1. The number of hydrogen-bond acceptors (Lipinski definition) is 4. The Hall–Kier alpha value is -2.48. The summed E-state index contributed by atoms with van der Waals surface area (Å²) in [6, 6.07) is 6.54. The van der Waals surface area contributed by atoms with Crippen LogP contribution in [-0.2, 0) is 13.0 Å². The van der Waals surface area contributed by atoms with Gasteiger partial charge in [0.15, 0.2) is 0 Å². The van der Waals surface area contributed by atoms with Crippen LogP contribution in [0.3, 0.4) is 0 Å². The van der Waals surface area contributed by atoms with Crippen molar-refractivity contribution in [1.82, 2.24) is 29.9 Å². The fraction of sp³-hybridized carbons (Fsp3) is 0.550. The van der Waals surface area contributed by atoms with Crippen LogP contribution in [0.2, 0.25) is 0 Å². The van der Waals surface area contributed by atoms with E-state index in [2.05, 4.69) is 20.1 Å². The summed E-state index contributed by atoms with van der Waals surface area (Å²) in [5, 5.41) is 7.23. The van der Waals surface area contributed by atoms with Gasteiger partial charge in [0.25, 0.3) is 0 Å². The van der Waals surface area contributed by atoms with Crippen LogP contribution in [0.1, 0.15) is 30.2 Å². The van der Waals surface area contributed by atoms with Gasteiger partial charge in [-0.2, -0.15) is 5.10 Å². The third-order valence-corrected chi connectivity index (χ3v) is 5.83. The van der Waals surface area contributed by atoms with Crippen LogP contribution in [-0.4, -0.2) is 69.6 Å². The Labute approximate surface area is 164 Å². The Morgan fingerprint density at radius 3 is 2.82 bits per heavy atom. The number of carbonyl (C=O) groups excluding carboxylic acids is 1. The van der Waals surface area contributed by atoms with Crippen molar-refractivity contribution in [2.45, 2.75) is 25.9 Å². The van der Waals surface area contributed by atoms with E-state index in [1.54, 1.807) is 31.1 Å². The zero-order valence-electron chi connectivity index (χ0n) is 16.6. The molecule has 0 radical (unpaired) electrons. The number of aryl methyl sites for hydroxylation is 1. The maximum atomic E-state index is 13.9. The van der Waals surface area contributed by atoms with Crippen LogP contribution in [0.15, 0.2) is 24.3 Å². The Balaban J connectivity index is 1.55. The van der Waals surface area contributed by atoms with E-state index < -0.39 is 0 Å². The SMILES string of the molecule is CCc1n[nH]c(CN2C[C@@H]3CN(C(=O)N(C)C)[C@H](c4cccc(F)c4)[C@@H]3C2)n1. The molecule has 2 saturated heterocycles. The number of hydrogen-bond donors (Lipinski definition) is 1. The molecule has 0 aliphatic carbocycles. The van der Waals surface area contributed by atoms with E-state index >= 15 is 0 Å². The van der Waals surface area contributed by atoms with Gasteiger partial charge in [0.05, 0.1) is 12.6 Å². The van der Waals surface area contributed by atoms with Crippen molar-refractivity contribution < 1.29 is 9.18 Å². The Bertz CT molecular complexity index is 853. The predicted octanol–water partition coefficient (Wildman–Crippen LogP) is 2.29. The van der Waals surface area contributed by atoms with Crippen molar-refractivity contribution in [1.29, 1.82) is 0 Å². The van der Waals surface area contributed by atoms with Crippen molar-refractivity contribution >= 4 is 6.03 Å². The summed E-state index contributed by atoms with van der Waals surface area (Å²) in [7, 11) is 3.53. The van der Waals surface area contributed by atoms with Gasteiger partial charge in [-0.05, 0) is 23.6 Å². The molecule has 1 aromatic carbocycles. The highest BCUT2D eigenvalue weighted by Gasteiger charge is 2.49. The van der Waals surface area contributed by atoms with Crippen LogP contribution >= 0.6 is 0 Å². The molecule has 4 rings (SSSR count). The molecule has 1 aromatic heterocycles. The molecule has 2 aliphatic heterocycles. The normalized spacial score (nSPS) is 24.6. The van der Waals surface area contributed by atoms with Crippen LogP contribution in [0.5, 0.6) is 0 Å². The lowest BCUT2D eigenvalue weighted by molar-refractivity contribution is 0.151. The second kappa shape index (κ2) is 7.50. The zero-order chi connectivity index (χ0) is 19.8. The van der Waals surface area contributed by atoms with Gasteiger partial charge in [-0.15, -0.1) is 0 Å². The number of nitrogens with one attached hydrogen (secondary N) is 1. The lowest BCUT2D eigenvalue weighted by Gasteiger charge is -2.31. The molecule has 2 aliphatic rings. The second-order valence-corrected chi connectivity index (χ2v) is 8.00. The van der Waals surface area contributed by atoms with E-state index in [1.807, 2.05) is 17.9 Å². The van der Waals surface area contributed by atoms with Gasteiger partial charge < -0.3 is 9.80 Å². The number of aromatic amines is 1. The maximum absolute atomic E-state index is 13.9. The predicted molar refractivity (Wildman–Crippen MR) is 103 cm³/mol. The van der Waals surface area contributed by atoms with Crippen molar-refractivity contribution in [2.24, 2.45) is 11.8 Å². The minimum absolute atomic E-state index is 0.0157. The number of urea groups is 1. The molecule has 3 heterocycles. The van der Waals surface area contributed by atoms with Crippen molar-refractivity contribution in [3.05, 3.63) is 47.3 Å². The quantitative estimate of drug-likeness (QED) is 0.876. The van der Waals surface area contributed by atoms with Gasteiger partial charge in [0.1, 0.15) is 17.5 Å². The van der Waals surface area contributed by atoms with E-state index in [0.29, 0.717) is 12.5 Å². The summed E-state index contributed by atoms with van der Waals surface area (Å²) in [5.41, 5.74) is 0.873. The number of halogens is 1. The van der Waals surface area contributed by atoms with Crippen molar-refractivity contribution in [2.75, 3.05) is 33.7 Å². The van der Waals surface area contributed by atoms with E-state index in [1.165, 1.54) is 6.07 Å². The fourth-order valence-electron chi connectivity index (χ4n) is 4.61. The van der Waals surface area contributed by atoms with Gasteiger partial charge in [-0.1, -0.05) is 19.1 Å². The number of nitrogens with zero attached hydrogens (tertiary/aromatic N) is 5. The third kappa shape index (κ3) is 3.48. The molecular formula is C20H27FN6O. The molecule has 2 fully saturated rings. The first-order valence-electron chi connectivity index (χ1n) is 9.82. The number of likely N-dealkylation sites (tertiary alicyclic amines) is 2. The van der Waals surface area contributed by atoms with Crippen molar-refractivity contribution in [3.8, 4) is 0 Å². The highest BCUT2D eigenvalue weighted by Crippen LogP contribution is 2.45. The Morgan fingerprint density at radius 1 is 1.32 bits per heavy atom. The van der Waals surface area contributed by atoms with E-state index in [4.69, 9.17) is 0 Å². The van der Waals surface area contributed by atoms with Crippen LogP contribution in [0.4, 0.5) is 9.18 Å². The molecule has 8 heteroatoms. The molecule has 0 saturated carbocycles. The molecule has 0 spiro atoms. The van der Waals surface area contributed by atoms with Crippen LogP contribution < -0.4 is 0 Å². The van der Waals surface area contributed by atoms with E-state index in [0.717, 1.165) is 43.3 Å². The Morgan fingerprint density at radius 2 is 2.14 bits per heavy atom. The average Bonchev–Trinajstić information content (AvgIpc) is 3.35. The molecular weight excluding hydrogens is 359 g/mol. The standard InChI is InChI=1S/C20H27FN6O/c1-4-17-22-18(24-23-17)12-26-9-14-10-27(20(28)25(2)3)19(16(14)11-26)13-6-5-7-15(21)8-13/h5-8,14,16,19H,4,9-12H2,1-3H3,(H,22,23,24)/t14-,16-,19-/m1/s1. The highest BCUT2D eigenvalue weighted by molar-refractivity contribution is 5.75. The van der Waals surface area contributed by atoms with Gasteiger partial charge in [0.2, 0.25) is 0 Å². The summed E-state index contributed by atoms with van der Waals surface area (Å²) in [4.78, 5) is 23.2. The van der Waals surface area contributed by atoms with Gasteiger partial charge in [-0.25, -0.2) is 14.2 Å². The molecule has 150 valence electrons. The second-order valence-electron chi connectivity index (χ2n) is 8.00. The number of amides is 2. The minimum Gasteiger partial charge on any atom is -0.331 e. The van der Waals surface area contributed by atoms with Gasteiger partial charge in [-0.3, -0.25) is 10.00 Å². The number of aromatic nitrogens is 3. The fourth-order valence-corrected chi connectivity index (χ4v) is 4.61. The molecule has 3 atom stereocenters. The minimum atomic E-state index is -0.262. The molecule has 1 N–H and O–H groups in total.